The van der Waals surface area contributed by atoms with Gasteiger partial charge in [-0.25, -0.2) is 4.79 Å². The molecular formula is C27H26F6N2O6. The summed E-state index contributed by atoms with van der Waals surface area (Å²) in [6, 6.07) is 6.33. The van der Waals surface area contributed by atoms with Gasteiger partial charge in [-0.2, -0.15) is 26.3 Å². The first-order valence-corrected chi connectivity index (χ1v) is 12.4. The Kier molecular flexibility index (Phi) is 7.91. The summed E-state index contributed by atoms with van der Waals surface area (Å²) in [4.78, 5) is 26.7. The number of rotatable bonds is 9. The molecule has 2 aliphatic heterocycles. The topological polar surface area (TPSA) is 97.3 Å². The SMILES string of the molecule is CCCc1cc(C(O)(C(F)(F)F)C(F)(F)F)ccc1OCC=CCN1C(=O)NC(C)(c2ccc3c(c2)OCO3)C1=O. The van der Waals surface area contributed by atoms with Crippen LogP contribution in [0.5, 0.6) is 17.2 Å². The first-order chi connectivity index (χ1) is 19.1. The molecule has 1 atom stereocenters. The lowest BCUT2D eigenvalue weighted by Gasteiger charge is -2.33. The molecule has 8 nitrogen and oxygen atoms in total. The fourth-order valence-electron chi connectivity index (χ4n) is 4.55. The van der Waals surface area contributed by atoms with Crippen molar-refractivity contribution in [2.75, 3.05) is 19.9 Å². The van der Waals surface area contributed by atoms with Gasteiger partial charge in [0.05, 0.1) is 0 Å². The number of ether oxygens (including phenoxy) is 3. The summed E-state index contributed by atoms with van der Waals surface area (Å²) >= 11 is 0. The van der Waals surface area contributed by atoms with E-state index in [0.29, 0.717) is 35.6 Å². The second-order valence-electron chi connectivity index (χ2n) is 9.60. The van der Waals surface area contributed by atoms with Crippen LogP contribution in [0.2, 0.25) is 0 Å². The molecule has 222 valence electrons. The monoisotopic (exact) mass is 588 g/mol. The second kappa shape index (κ2) is 10.8. The molecule has 14 heteroatoms. The minimum Gasteiger partial charge on any atom is -0.489 e. The van der Waals surface area contributed by atoms with E-state index in [1.165, 1.54) is 12.2 Å². The highest BCUT2D eigenvalue weighted by Gasteiger charge is 2.71. The molecule has 2 heterocycles. The van der Waals surface area contributed by atoms with E-state index in [-0.39, 0.29) is 37.7 Å². The Morgan fingerprint density at radius 2 is 1.71 bits per heavy atom. The van der Waals surface area contributed by atoms with Crippen molar-refractivity contribution >= 4 is 11.9 Å². The van der Waals surface area contributed by atoms with E-state index in [1.54, 1.807) is 32.0 Å². The van der Waals surface area contributed by atoms with Crippen LogP contribution in [0.1, 0.15) is 37.0 Å². The average molecular weight is 589 g/mol. The van der Waals surface area contributed by atoms with Crippen molar-refractivity contribution in [2.24, 2.45) is 0 Å². The number of alkyl halides is 6. The quantitative estimate of drug-likeness (QED) is 0.241. The van der Waals surface area contributed by atoms with Crippen molar-refractivity contribution in [2.45, 2.75) is 50.2 Å². The number of urea groups is 1. The molecule has 0 aromatic heterocycles. The largest absolute Gasteiger partial charge is 0.489 e. The van der Waals surface area contributed by atoms with Crippen LogP contribution >= 0.6 is 0 Å². The van der Waals surface area contributed by atoms with Crippen molar-refractivity contribution in [3.05, 3.63) is 65.2 Å². The fraction of sp³-hybridized carbons (Fsp3) is 0.407. The van der Waals surface area contributed by atoms with Crippen molar-refractivity contribution in [1.29, 1.82) is 0 Å². The maximum absolute atomic E-state index is 13.3. The molecule has 1 unspecified atom stereocenters. The van der Waals surface area contributed by atoms with E-state index >= 15 is 0 Å². The molecule has 1 fully saturated rings. The third kappa shape index (κ3) is 5.39. The van der Waals surface area contributed by atoms with Gasteiger partial charge in [-0.3, -0.25) is 9.69 Å². The molecule has 2 N–H and O–H groups in total. The predicted molar refractivity (Wildman–Crippen MR) is 131 cm³/mol. The van der Waals surface area contributed by atoms with E-state index in [2.05, 4.69) is 5.32 Å². The van der Waals surface area contributed by atoms with Gasteiger partial charge >= 0.3 is 18.4 Å². The maximum atomic E-state index is 13.3. The maximum Gasteiger partial charge on any atom is 0.430 e. The Bertz CT molecular complexity index is 1340. The first kappa shape index (κ1) is 30.0. The minimum atomic E-state index is -6.00. The third-order valence-corrected chi connectivity index (χ3v) is 6.83. The minimum absolute atomic E-state index is 0.0253. The van der Waals surface area contributed by atoms with Crippen molar-refractivity contribution in [3.63, 3.8) is 0 Å². The number of imide groups is 1. The standard InChI is InChI=1S/C27H26F6N2O6/c1-3-6-16-13-18(25(38,26(28,29)30)27(31,32)33)8-9-19(16)39-12-5-4-11-35-22(36)24(2,34-23(35)37)17-7-10-20-21(14-17)41-15-40-20/h4-5,7-10,13-14,38H,3,6,11-12,15H2,1-2H3,(H,34,37). The van der Waals surface area contributed by atoms with Gasteiger partial charge in [0.2, 0.25) is 6.79 Å². The van der Waals surface area contributed by atoms with Gasteiger partial charge in [0, 0.05) is 12.1 Å². The number of hydrogen-bond donors (Lipinski definition) is 2. The van der Waals surface area contributed by atoms with Crippen LogP contribution in [0.4, 0.5) is 31.1 Å². The summed E-state index contributed by atoms with van der Waals surface area (Å²) in [5.41, 5.74) is -7.23. The van der Waals surface area contributed by atoms with Gasteiger partial charge < -0.3 is 24.6 Å². The van der Waals surface area contributed by atoms with E-state index < -0.39 is 41.0 Å². The van der Waals surface area contributed by atoms with Crippen LogP contribution in [0, 0.1) is 0 Å². The number of carbonyl (C=O) groups excluding carboxylic acids is 2. The number of hydrogen-bond acceptors (Lipinski definition) is 6. The summed E-state index contributed by atoms with van der Waals surface area (Å²) in [6.07, 6.45) is -8.64. The van der Waals surface area contributed by atoms with Crippen molar-refractivity contribution < 1.29 is 55.2 Å². The van der Waals surface area contributed by atoms with Crippen LogP contribution in [0.15, 0.2) is 48.6 Å². The lowest BCUT2D eigenvalue weighted by atomic mass is 9.90. The molecule has 3 amide bonds. The molecule has 41 heavy (non-hydrogen) atoms. The highest BCUT2D eigenvalue weighted by Crippen LogP contribution is 2.50. The normalized spacial score (nSPS) is 19.3. The average Bonchev–Trinajstić information content (AvgIpc) is 3.45. The second-order valence-corrected chi connectivity index (χ2v) is 9.60. The van der Waals surface area contributed by atoms with Crippen LogP contribution in [-0.4, -0.2) is 54.2 Å². The molecule has 2 aliphatic rings. The Balaban J connectivity index is 1.43. The number of carbonyl (C=O) groups is 2. The van der Waals surface area contributed by atoms with Crippen molar-refractivity contribution in [1.82, 2.24) is 10.2 Å². The van der Waals surface area contributed by atoms with Gasteiger partial charge in [-0.05, 0) is 54.8 Å². The number of benzene rings is 2. The van der Waals surface area contributed by atoms with E-state index in [4.69, 9.17) is 14.2 Å². The number of nitrogens with zero attached hydrogens (tertiary/aromatic N) is 1. The molecule has 0 bridgehead atoms. The van der Waals surface area contributed by atoms with Gasteiger partial charge in [0.15, 0.2) is 11.5 Å². The Labute approximate surface area is 230 Å². The summed E-state index contributed by atoms with van der Waals surface area (Å²) in [7, 11) is 0. The zero-order chi connectivity index (χ0) is 30.2. The number of nitrogens with one attached hydrogen (secondary N) is 1. The molecule has 0 aliphatic carbocycles. The zero-order valence-electron chi connectivity index (χ0n) is 21.9. The molecule has 2 aromatic rings. The van der Waals surface area contributed by atoms with Crippen LogP contribution in [0.3, 0.4) is 0 Å². The number of aliphatic hydroxyl groups is 1. The molecule has 2 aromatic carbocycles. The fourth-order valence-corrected chi connectivity index (χ4v) is 4.55. The Morgan fingerprint density at radius 1 is 1.02 bits per heavy atom. The van der Waals surface area contributed by atoms with Gasteiger partial charge in [0.25, 0.3) is 11.5 Å². The van der Waals surface area contributed by atoms with Crippen LogP contribution in [0.25, 0.3) is 0 Å². The summed E-state index contributed by atoms with van der Waals surface area (Å²) in [5, 5.41) is 12.4. The molecule has 0 spiro atoms. The number of amides is 3. The predicted octanol–water partition coefficient (Wildman–Crippen LogP) is 5.08. The van der Waals surface area contributed by atoms with Crippen LogP contribution < -0.4 is 19.5 Å². The third-order valence-electron chi connectivity index (χ3n) is 6.83. The zero-order valence-corrected chi connectivity index (χ0v) is 21.9. The van der Waals surface area contributed by atoms with Crippen LogP contribution in [-0.2, 0) is 22.4 Å². The lowest BCUT2D eigenvalue weighted by Crippen LogP contribution is -2.53. The van der Waals surface area contributed by atoms with Crippen molar-refractivity contribution in [3.8, 4) is 17.2 Å². The number of fused-ring (bicyclic) bond motifs is 1. The molecule has 1 saturated heterocycles. The summed E-state index contributed by atoms with van der Waals surface area (Å²) in [6.45, 7) is 2.98. The summed E-state index contributed by atoms with van der Waals surface area (Å²) < 4.78 is 95.9. The molecule has 0 saturated carbocycles. The van der Waals surface area contributed by atoms with Gasteiger partial charge in [-0.15, -0.1) is 0 Å². The molecular weight excluding hydrogens is 562 g/mol. The highest BCUT2D eigenvalue weighted by molar-refractivity contribution is 6.07. The molecule has 0 radical (unpaired) electrons. The molecule has 4 rings (SSSR count). The van der Waals surface area contributed by atoms with E-state index in [1.807, 2.05) is 0 Å². The summed E-state index contributed by atoms with van der Waals surface area (Å²) in [5.74, 6) is 0.465. The number of halogens is 6. The van der Waals surface area contributed by atoms with E-state index in [0.717, 1.165) is 11.0 Å². The lowest BCUT2D eigenvalue weighted by molar-refractivity contribution is -0.376. The van der Waals surface area contributed by atoms with Gasteiger partial charge in [0.1, 0.15) is 17.9 Å². The van der Waals surface area contributed by atoms with E-state index in [9.17, 15) is 41.0 Å². The highest BCUT2D eigenvalue weighted by atomic mass is 19.4. The first-order valence-electron chi connectivity index (χ1n) is 12.4. The Morgan fingerprint density at radius 3 is 2.37 bits per heavy atom. The number of aryl methyl sites for hydroxylation is 1. The van der Waals surface area contributed by atoms with Gasteiger partial charge in [-0.1, -0.05) is 31.6 Å². The smallest absolute Gasteiger partial charge is 0.430 e. The Hall–Kier alpha value is -3.94.